The topological polar surface area (TPSA) is 130 Å². The Morgan fingerprint density at radius 1 is 1.21 bits per heavy atom. The fourth-order valence-corrected chi connectivity index (χ4v) is 4.21. The number of carboxylic acid groups (broad SMARTS) is 1. The van der Waals surface area contributed by atoms with Gasteiger partial charge in [0.05, 0.1) is 24.2 Å². The number of carboxylic acids is 1. The van der Waals surface area contributed by atoms with Crippen molar-refractivity contribution in [1.29, 1.82) is 0 Å². The largest absolute Gasteiger partial charge is 0.481 e. The van der Waals surface area contributed by atoms with Crippen molar-refractivity contribution in [2.45, 2.75) is 36.6 Å². The van der Waals surface area contributed by atoms with E-state index in [1.54, 1.807) is 18.2 Å². The van der Waals surface area contributed by atoms with Crippen LogP contribution in [-0.4, -0.2) is 64.6 Å². The molecule has 2 N–H and O–H groups in total. The molecule has 2 aliphatic rings. The molecule has 1 atom stereocenters. The number of piperidine rings is 1. The van der Waals surface area contributed by atoms with Crippen LogP contribution < -0.4 is 5.32 Å². The summed E-state index contributed by atoms with van der Waals surface area (Å²) in [5, 5.41) is 10.7. The van der Waals surface area contributed by atoms with Crippen molar-refractivity contribution < 1.29 is 33.8 Å². The molecule has 2 aliphatic heterocycles. The van der Waals surface area contributed by atoms with Crippen molar-refractivity contribution >= 4 is 41.4 Å². The number of aliphatic carboxylic acids is 1. The highest BCUT2D eigenvalue weighted by molar-refractivity contribution is 7.99. The molecule has 1 aromatic rings. The minimum atomic E-state index is -0.986. The van der Waals surface area contributed by atoms with E-state index in [4.69, 9.17) is 9.84 Å². The summed E-state index contributed by atoms with van der Waals surface area (Å²) in [6.45, 7) is 0.541. The van der Waals surface area contributed by atoms with Crippen molar-refractivity contribution in [2.24, 2.45) is 0 Å². The molecule has 29 heavy (non-hydrogen) atoms. The maximum Gasteiger partial charge on any atom is 0.305 e. The SMILES string of the molecule is O=C(O)CCOCCCSc1cccc2c1C(=O)N(C1CCC(=O)NC1=O)C2=O. The number of rotatable bonds is 9. The van der Waals surface area contributed by atoms with Crippen LogP contribution in [0.3, 0.4) is 0 Å². The van der Waals surface area contributed by atoms with Crippen LogP contribution >= 0.6 is 11.8 Å². The van der Waals surface area contributed by atoms with Crippen LogP contribution in [0, 0.1) is 0 Å². The minimum Gasteiger partial charge on any atom is -0.481 e. The van der Waals surface area contributed by atoms with Crippen molar-refractivity contribution in [3.8, 4) is 0 Å². The number of carbonyl (C=O) groups is 5. The Morgan fingerprint density at radius 3 is 2.72 bits per heavy atom. The fourth-order valence-electron chi connectivity index (χ4n) is 3.21. The molecule has 9 nitrogen and oxygen atoms in total. The van der Waals surface area contributed by atoms with Crippen LogP contribution in [0.5, 0.6) is 0 Å². The maximum absolute atomic E-state index is 12.9. The number of imide groups is 2. The second kappa shape index (κ2) is 9.19. The lowest BCUT2D eigenvalue weighted by Gasteiger charge is -2.27. The third kappa shape index (κ3) is 4.65. The number of carbonyl (C=O) groups excluding carboxylic acids is 4. The lowest BCUT2D eigenvalue weighted by Crippen LogP contribution is -2.54. The van der Waals surface area contributed by atoms with Gasteiger partial charge in [0, 0.05) is 23.7 Å². The highest BCUT2D eigenvalue weighted by Gasteiger charge is 2.45. The molecular weight excluding hydrogens is 400 g/mol. The van der Waals surface area contributed by atoms with Crippen LogP contribution in [0.4, 0.5) is 0 Å². The third-order valence-electron chi connectivity index (χ3n) is 4.58. The molecule has 0 aromatic heterocycles. The van der Waals surface area contributed by atoms with Crippen molar-refractivity contribution in [3.63, 3.8) is 0 Å². The number of nitrogens with zero attached hydrogens (tertiary/aromatic N) is 1. The summed E-state index contributed by atoms with van der Waals surface area (Å²) in [6, 6.07) is 4.00. The Labute approximate surface area is 170 Å². The van der Waals surface area contributed by atoms with Gasteiger partial charge in [0.25, 0.3) is 11.8 Å². The number of ether oxygens (including phenoxy) is 1. The number of benzene rings is 1. The molecule has 4 amide bonds. The van der Waals surface area contributed by atoms with Crippen LogP contribution in [-0.2, 0) is 19.1 Å². The second-order valence-electron chi connectivity index (χ2n) is 6.58. The number of thioether (sulfide) groups is 1. The predicted octanol–water partition coefficient (Wildman–Crippen LogP) is 1.06. The quantitative estimate of drug-likeness (QED) is 0.345. The maximum atomic E-state index is 12.9. The first-order valence-corrected chi connectivity index (χ1v) is 10.2. The molecule has 0 aliphatic carbocycles. The molecule has 0 bridgehead atoms. The summed E-state index contributed by atoms with van der Waals surface area (Å²) in [6.07, 6.45) is 0.790. The summed E-state index contributed by atoms with van der Waals surface area (Å²) in [4.78, 5) is 61.2. The van der Waals surface area contributed by atoms with Gasteiger partial charge in [-0.1, -0.05) is 6.07 Å². The second-order valence-corrected chi connectivity index (χ2v) is 7.72. The van der Waals surface area contributed by atoms with E-state index in [9.17, 15) is 24.0 Å². The molecule has 3 rings (SSSR count). The van der Waals surface area contributed by atoms with E-state index >= 15 is 0 Å². The smallest absolute Gasteiger partial charge is 0.305 e. The monoisotopic (exact) mass is 420 g/mol. The zero-order valence-electron chi connectivity index (χ0n) is 15.5. The first kappa shape index (κ1) is 21.0. The lowest BCUT2D eigenvalue weighted by molar-refractivity contribution is -0.138. The average Bonchev–Trinajstić information content (AvgIpc) is 2.92. The molecule has 154 valence electrons. The fraction of sp³-hybridized carbons (Fsp3) is 0.421. The summed E-state index contributed by atoms with van der Waals surface area (Å²) in [5.74, 6) is -2.40. The van der Waals surface area contributed by atoms with Crippen molar-refractivity contribution in [1.82, 2.24) is 10.2 Å². The van der Waals surface area contributed by atoms with Gasteiger partial charge in [-0.05, 0) is 25.0 Å². The lowest BCUT2D eigenvalue weighted by atomic mass is 10.0. The van der Waals surface area contributed by atoms with Gasteiger partial charge in [0.2, 0.25) is 11.8 Å². The first-order valence-electron chi connectivity index (χ1n) is 9.17. The standard InChI is InChI=1S/C19H20N2O7S/c22-14-6-5-12(17(25)20-14)21-18(26)11-3-1-4-13(16(11)19(21)27)29-10-2-8-28-9-7-15(23)24/h1,3-4,12H,2,5-10H2,(H,23,24)(H,20,22,25). The number of hydrogen-bond donors (Lipinski definition) is 2. The molecular formula is C19H20N2O7S. The highest BCUT2D eigenvalue weighted by Crippen LogP contribution is 2.34. The highest BCUT2D eigenvalue weighted by atomic mass is 32.2. The molecule has 1 fully saturated rings. The predicted molar refractivity (Wildman–Crippen MR) is 102 cm³/mol. The normalized spacial score (nSPS) is 18.8. The van der Waals surface area contributed by atoms with Gasteiger partial charge in [-0.15, -0.1) is 11.8 Å². The van der Waals surface area contributed by atoms with E-state index in [1.807, 2.05) is 0 Å². The Hall–Kier alpha value is -2.72. The van der Waals surface area contributed by atoms with Gasteiger partial charge in [-0.25, -0.2) is 0 Å². The molecule has 1 unspecified atom stereocenters. The zero-order chi connectivity index (χ0) is 21.0. The van der Waals surface area contributed by atoms with E-state index in [0.717, 1.165) is 4.90 Å². The third-order valence-corrected chi connectivity index (χ3v) is 5.72. The molecule has 10 heteroatoms. The van der Waals surface area contributed by atoms with Gasteiger partial charge in [0.15, 0.2) is 0 Å². The minimum absolute atomic E-state index is 0.0495. The van der Waals surface area contributed by atoms with E-state index in [-0.39, 0.29) is 37.0 Å². The molecule has 0 spiro atoms. The summed E-state index contributed by atoms with van der Waals surface area (Å²) < 4.78 is 5.23. The average molecular weight is 420 g/mol. The Morgan fingerprint density at radius 2 is 2.00 bits per heavy atom. The van der Waals surface area contributed by atoms with Crippen molar-refractivity contribution in [3.05, 3.63) is 29.3 Å². The van der Waals surface area contributed by atoms with E-state index in [0.29, 0.717) is 23.7 Å². The summed E-state index contributed by atoms with van der Waals surface area (Å²) in [5.41, 5.74) is 0.529. The number of hydrogen-bond acceptors (Lipinski definition) is 7. The van der Waals surface area contributed by atoms with Crippen molar-refractivity contribution in [2.75, 3.05) is 19.0 Å². The molecule has 1 aromatic carbocycles. The van der Waals surface area contributed by atoms with Gasteiger partial charge in [0.1, 0.15) is 6.04 Å². The molecule has 0 saturated carbocycles. The van der Waals surface area contributed by atoms with Gasteiger partial charge < -0.3 is 9.84 Å². The first-order chi connectivity index (χ1) is 13.9. The van der Waals surface area contributed by atoms with E-state index in [1.165, 1.54) is 11.8 Å². The van der Waals surface area contributed by atoms with Crippen LogP contribution in [0.15, 0.2) is 23.1 Å². The Kier molecular flexibility index (Phi) is 6.65. The van der Waals surface area contributed by atoms with E-state index < -0.39 is 35.6 Å². The van der Waals surface area contributed by atoms with Gasteiger partial charge in [-0.3, -0.25) is 34.2 Å². The number of fused-ring (bicyclic) bond motifs is 1. The Balaban J connectivity index is 1.63. The summed E-state index contributed by atoms with van der Waals surface area (Å²) in [7, 11) is 0. The molecule has 2 heterocycles. The van der Waals surface area contributed by atoms with E-state index in [2.05, 4.69) is 5.32 Å². The molecule has 0 radical (unpaired) electrons. The number of amides is 4. The van der Waals surface area contributed by atoms with Gasteiger partial charge >= 0.3 is 5.97 Å². The summed E-state index contributed by atoms with van der Waals surface area (Å²) >= 11 is 1.40. The Bertz CT molecular complexity index is 870. The van der Waals surface area contributed by atoms with Crippen LogP contribution in [0.25, 0.3) is 0 Å². The molecule has 1 saturated heterocycles. The van der Waals surface area contributed by atoms with Crippen LogP contribution in [0.1, 0.15) is 46.4 Å². The number of nitrogens with one attached hydrogen (secondary N) is 1. The van der Waals surface area contributed by atoms with Crippen LogP contribution in [0.2, 0.25) is 0 Å². The van der Waals surface area contributed by atoms with Gasteiger partial charge in [-0.2, -0.15) is 0 Å². The zero-order valence-corrected chi connectivity index (χ0v) is 16.3.